The Morgan fingerprint density at radius 1 is 1.36 bits per heavy atom. The van der Waals surface area contributed by atoms with Gasteiger partial charge in [0.1, 0.15) is 0 Å². The van der Waals surface area contributed by atoms with Gasteiger partial charge in [0, 0.05) is 6.04 Å². The number of benzene rings is 1. The van der Waals surface area contributed by atoms with Crippen molar-refractivity contribution in [2.75, 3.05) is 0 Å². The van der Waals surface area contributed by atoms with Crippen molar-refractivity contribution in [1.82, 2.24) is 0 Å². The van der Waals surface area contributed by atoms with Crippen molar-refractivity contribution in [3.8, 4) is 6.07 Å². The fourth-order valence-corrected chi connectivity index (χ4v) is 1.36. The highest BCUT2D eigenvalue weighted by atomic mass is 14.6. The molecule has 0 aliphatic rings. The Kier molecular flexibility index (Phi) is 3.67. The van der Waals surface area contributed by atoms with Crippen molar-refractivity contribution in [3.05, 3.63) is 35.4 Å². The minimum atomic E-state index is -0.154. The number of rotatable bonds is 3. The third-order valence-corrected chi connectivity index (χ3v) is 2.32. The van der Waals surface area contributed by atoms with Crippen LogP contribution in [-0.4, -0.2) is 0 Å². The van der Waals surface area contributed by atoms with Gasteiger partial charge in [0.15, 0.2) is 0 Å². The van der Waals surface area contributed by atoms with Gasteiger partial charge < -0.3 is 5.73 Å². The van der Waals surface area contributed by atoms with Crippen LogP contribution in [0.25, 0.3) is 0 Å². The molecule has 0 fully saturated rings. The smallest absolute Gasteiger partial charge is 0.0641 e. The molecular formula is C12H16N2. The average molecular weight is 188 g/mol. The van der Waals surface area contributed by atoms with E-state index in [9.17, 15) is 0 Å². The van der Waals surface area contributed by atoms with Gasteiger partial charge in [-0.3, -0.25) is 0 Å². The first kappa shape index (κ1) is 10.7. The Hall–Kier alpha value is -1.33. The van der Waals surface area contributed by atoms with Gasteiger partial charge in [0.25, 0.3) is 0 Å². The van der Waals surface area contributed by atoms with E-state index in [1.165, 1.54) is 5.56 Å². The van der Waals surface area contributed by atoms with Gasteiger partial charge in [0.05, 0.1) is 12.5 Å². The molecule has 2 nitrogen and oxygen atoms in total. The Morgan fingerprint density at radius 3 is 2.57 bits per heavy atom. The van der Waals surface area contributed by atoms with Gasteiger partial charge in [-0.15, -0.1) is 0 Å². The van der Waals surface area contributed by atoms with Gasteiger partial charge in [-0.2, -0.15) is 5.26 Å². The fraction of sp³-hybridized carbons (Fsp3) is 0.417. The quantitative estimate of drug-likeness (QED) is 0.792. The molecule has 1 unspecified atom stereocenters. The van der Waals surface area contributed by atoms with Crippen molar-refractivity contribution in [3.63, 3.8) is 0 Å². The number of hydrogen-bond acceptors (Lipinski definition) is 2. The van der Waals surface area contributed by atoms with Gasteiger partial charge in [0.2, 0.25) is 0 Å². The molecule has 0 aromatic heterocycles. The molecule has 0 bridgehead atoms. The van der Waals surface area contributed by atoms with Crippen molar-refractivity contribution in [1.29, 1.82) is 5.26 Å². The lowest BCUT2D eigenvalue weighted by Gasteiger charge is -2.11. The third kappa shape index (κ3) is 2.58. The molecule has 0 radical (unpaired) electrons. The monoisotopic (exact) mass is 188 g/mol. The second-order valence-corrected chi connectivity index (χ2v) is 3.79. The predicted octanol–water partition coefficient (Wildman–Crippen LogP) is 2.72. The Bertz CT molecular complexity index is 336. The van der Waals surface area contributed by atoms with Crippen molar-refractivity contribution < 1.29 is 0 Å². The van der Waals surface area contributed by atoms with E-state index >= 15 is 0 Å². The second-order valence-electron chi connectivity index (χ2n) is 3.79. The zero-order valence-electron chi connectivity index (χ0n) is 8.70. The van der Waals surface area contributed by atoms with Crippen LogP contribution in [-0.2, 0) is 0 Å². The van der Waals surface area contributed by atoms with Gasteiger partial charge >= 0.3 is 0 Å². The van der Waals surface area contributed by atoms with Gasteiger partial charge in [-0.05, 0) is 17.0 Å². The van der Waals surface area contributed by atoms with E-state index < -0.39 is 0 Å². The molecule has 1 aromatic carbocycles. The molecule has 14 heavy (non-hydrogen) atoms. The molecule has 0 heterocycles. The molecule has 0 aliphatic carbocycles. The maximum atomic E-state index is 8.55. The van der Waals surface area contributed by atoms with E-state index in [0.29, 0.717) is 12.3 Å². The first-order chi connectivity index (χ1) is 6.65. The molecule has 0 saturated carbocycles. The highest BCUT2D eigenvalue weighted by molar-refractivity contribution is 5.28. The van der Waals surface area contributed by atoms with E-state index in [1.807, 2.05) is 12.1 Å². The van der Waals surface area contributed by atoms with Crippen LogP contribution >= 0.6 is 0 Å². The Morgan fingerprint density at radius 2 is 2.00 bits per heavy atom. The lowest BCUT2D eigenvalue weighted by atomic mass is 9.97. The summed E-state index contributed by atoms with van der Waals surface area (Å²) in [5, 5.41) is 8.55. The minimum Gasteiger partial charge on any atom is -0.323 e. The Balaban J connectivity index is 2.89. The minimum absolute atomic E-state index is 0.154. The molecule has 74 valence electrons. The summed E-state index contributed by atoms with van der Waals surface area (Å²) in [6.45, 7) is 4.30. The molecule has 1 atom stereocenters. The van der Waals surface area contributed by atoms with E-state index in [4.69, 9.17) is 11.0 Å². The molecule has 0 amide bonds. The first-order valence-corrected chi connectivity index (χ1v) is 4.87. The van der Waals surface area contributed by atoms with Crippen LogP contribution in [0.4, 0.5) is 0 Å². The zero-order chi connectivity index (χ0) is 10.6. The third-order valence-electron chi connectivity index (χ3n) is 2.32. The maximum absolute atomic E-state index is 8.55. The Labute approximate surface area is 85.4 Å². The van der Waals surface area contributed by atoms with E-state index in [-0.39, 0.29) is 6.04 Å². The highest BCUT2D eigenvalue weighted by Crippen LogP contribution is 2.20. The van der Waals surface area contributed by atoms with E-state index in [0.717, 1.165) is 5.56 Å². The van der Waals surface area contributed by atoms with Crippen molar-refractivity contribution >= 4 is 0 Å². The average Bonchev–Trinajstić information content (AvgIpc) is 2.18. The highest BCUT2D eigenvalue weighted by Gasteiger charge is 2.06. The van der Waals surface area contributed by atoms with Crippen molar-refractivity contribution in [2.24, 2.45) is 5.73 Å². The first-order valence-electron chi connectivity index (χ1n) is 4.87. The second kappa shape index (κ2) is 4.78. The summed E-state index contributed by atoms with van der Waals surface area (Å²) in [5.41, 5.74) is 8.18. The summed E-state index contributed by atoms with van der Waals surface area (Å²) in [6, 6.07) is 10.1. The molecule has 2 heteroatoms. The van der Waals surface area contributed by atoms with E-state index in [1.54, 1.807) is 0 Å². The van der Waals surface area contributed by atoms with Crippen LogP contribution in [0.5, 0.6) is 0 Å². The number of hydrogen-bond donors (Lipinski definition) is 1. The summed E-state index contributed by atoms with van der Waals surface area (Å²) >= 11 is 0. The van der Waals surface area contributed by atoms with Crippen LogP contribution in [0.1, 0.15) is 43.4 Å². The lowest BCUT2D eigenvalue weighted by molar-refractivity contribution is 0.743. The molecule has 0 saturated heterocycles. The van der Waals surface area contributed by atoms with Crippen LogP contribution in [0, 0.1) is 11.3 Å². The number of nitriles is 1. The fourth-order valence-electron chi connectivity index (χ4n) is 1.36. The molecule has 1 aromatic rings. The standard InChI is InChI=1S/C12H16N2/c1-9(2)10-4-3-5-11(8-10)12(14)6-7-13/h3-5,8-9,12H,6,14H2,1-2H3. The zero-order valence-corrected chi connectivity index (χ0v) is 8.70. The normalized spacial score (nSPS) is 12.5. The maximum Gasteiger partial charge on any atom is 0.0641 e. The molecule has 1 rings (SSSR count). The number of nitrogens with zero attached hydrogens (tertiary/aromatic N) is 1. The summed E-state index contributed by atoms with van der Waals surface area (Å²) in [5.74, 6) is 0.504. The molecular weight excluding hydrogens is 172 g/mol. The van der Waals surface area contributed by atoms with Gasteiger partial charge in [-0.1, -0.05) is 38.1 Å². The lowest BCUT2D eigenvalue weighted by Crippen LogP contribution is -2.09. The molecule has 0 spiro atoms. The SMILES string of the molecule is CC(C)c1cccc(C(N)CC#N)c1. The predicted molar refractivity (Wildman–Crippen MR) is 57.7 cm³/mol. The van der Waals surface area contributed by atoms with E-state index in [2.05, 4.69) is 32.0 Å². The van der Waals surface area contributed by atoms with Crippen LogP contribution < -0.4 is 5.73 Å². The topological polar surface area (TPSA) is 49.8 Å². The summed E-state index contributed by atoms with van der Waals surface area (Å²) in [6.07, 6.45) is 0.377. The van der Waals surface area contributed by atoms with Crippen LogP contribution in [0.2, 0.25) is 0 Å². The molecule has 2 N–H and O–H groups in total. The summed E-state index contributed by atoms with van der Waals surface area (Å²) in [7, 11) is 0. The van der Waals surface area contributed by atoms with Crippen molar-refractivity contribution in [2.45, 2.75) is 32.2 Å². The number of nitrogens with two attached hydrogens (primary N) is 1. The van der Waals surface area contributed by atoms with Crippen LogP contribution in [0.3, 0.4) is 0 Å². The van der Waals surface area contributed by atoms with Gasteiger partial charge in [-0.25, -0.2) is 0 Å². The van der Waals surface area contributed by atoms with Crippen LogP contribution in [0.15, 0.2) is 24.3 Å². The summed E-state index contributed by atoms with van der Waals surface area (Å²) < 4.78 is 0. The largest absolute Gasteiger partial charge is 0.323 e. The molecule has 0 aliphatic heterocycles. The summed E-state index contributed by atoms with van der Waals surface area (Å²) in [4.78, 5) is 0.